The molecule has 1 unspecified atom stereocenters. The summed E-state index contributed by atoms with van der Waals surface area (Å²) in [6, 6.07) is 2.51. The van der Waals surface area contributed by atoms with Crippen LogP contribution in [0, 0.1) is 5.82 Å². The third-order valence-electron chi connectivity index (χ3n) is 3.47. The van der Waals surface area contributed by atoms with Crippen molar-refractivity contribution >= 4 is 10.0 Å². The highest BCUT2D eigenvalue weighted by atomic mass is 32.2. The lowest BCUT2D eigenvalue weighted by molar-refractivity contribution is 0.117. The van der Waals surface area contributed by atoms with Crippen LogP contribution < -0.4 is 4.72 Å². The third kappa shape index (κ3) is 3.51. The topological polar surface area (TPSA) is 65.5 Å². The van der Waals surface area contributed by atoms with Gasteiger partial charge in [-0.25, -0.2) is 22.5 Å². The number of nitrogens with one attached hydrogen (secondary N) is 1. The fourth-order valence-corrected chi connectivity index (χ4v) is 3.24. The van der Waals surface area contributed by atoms with Gasteiger partial charge in [-0.3, -0.25) is 4.90 Å². The summed E-state index contributed by atoms with van der Waals surface area (Å²) in [5, 5.41) is -0.549. The summed E-state index contributed by atoms with van der Waals surface area (Å²) in [4.78, 5) is 7.83. The molecule has 8 heteroatoms. The predicted molar refractivity (Wildman–Crippen MR) is 73.3 cm³/mol. The molecule has 0 amide bonds. The monoisotopic (exact) mass is 302 g/mol. The van der Waals surface area contributed by atoms with Crippen LogP contribution in [0.1, 0.15) is 0 Å². The van der Waals surface area contributed by atoms with Gasteiger partial charge in [0.25, 0.3) is 10.0 Å². The zero-order valence-corrected chi connectivity index (χ0v) is 12.4. The molecule has 2 rings (SSSR count). The molecule has 1 fully saturated rings. The third-order valence-corrected chi connectivity index (χ3v) is 4.82. The molecule has 6 nitrogen and oxygen atoms in total. The standard InChI is InChI=1S/C12H19FN4O2S/c1-16-6-7-17(2)10(9-16)8-15-20(18,19)12-11(13)4-3-5-14-12/h3-5,10,15H,6-9H2,1-2H3. The van der Waals surface area contributed by atoms with Crippen LogP contribution in [0.25, 0.3) is 0 Å². The molecule has 1 aromatic heterocycles. The molecule has 0 saturated carbocycles. The molecule has 1 aliphatic heterocycles. The number of nitrogens with zero attached hydrogens (tertiary/aromatic N) is 3. The van der Waals surface area contributed by atoms with Gasteiger partial charge in [0.2, 0.25) is 5.03 Å². The molecule has 1 saturated heterocycles. The first-order chi connectivity index (χ1) is 9.40. The lowest BCUT2D eigenvalue weighted by Gasteiger charge is -2.37. The quantitative estimate of drug-likeness (QED) is 0.830. The van der Waals surface area contributed by atoms with Crippen molar-refractivity contribution in [3.8, 4) is 0 Å². The van der Waals surface area contributed by atoms with Gasteiger partial charge in [-0.15, -0.1) is 0 Å². The van der Waals surface area contributed by atoms with Gasteiger partial charge < -0.3 is 4.90 Å². The van der Waals surface area contributed by atoms with E-state index in [4.69, 9.17) is 0 Å². The fraction of sp³-hybridized carbons (Fsp3) is 0.583. The van der Waals surface area contributed by atoms with E-state index in [0.29, 0.717) is 0 Å². The maximum atomic E-state index is 13.5. The molecule has 112 valence electrons. The highest BCUT2D eigenvalue weighted by molar-refractivity contribution is 7.89. The van der Waals surface area contributed by atoms with E-state index in [-0.39, 0.29) is 12.6 Å². The smallest absolute Gasteiger partial charge is 0.261 e. The summed E-state index contributed by atoms with van der Waals surface area (Å²) in [6.07, 6.45) is 1.26. The van der Waals surface area contributed by atoms with Crippen molar-refractivity contribution in [2.75, 3.05) is 40.3 Å². The number of halogens is 1. The van der Waals surface area contributed by atoms with Gasteiger partial charge in [0.1, 0.15) is 0 Å². The molecule has 1 N–H and O–H groups in total. The van der Waals surface area contributed by atoms with Crippen LogP contribution in [0.15, 0.2) is 23.4 Å². The molecule has 1 aliphatic rings. The molecule has 2 heterocycles. The van der Waals surface area contributed by atoms with Crippen LogP contribution in [0.2, 0.25) is 0 Å². The van der Waals surface area contributed by atoms with Gasteiger partial charge >= 0.3 is 0 Å². The Labute approximate surface area is 118 Å². The second-order valence-electron chi connectivity index (χ2n) is 5.04. The van der Waals surface area contributed by atoms with Crippen molar-refractivity contribution in [1.29, 1.82) is 0 Å². The van der Waals surface area contributed by atoms with Crippen LogP contribution >= 0.6 is 0 Å². The molecule has 0 spiro atoms. The van der Waals surface area contributed by atoms with Crippen molar-refractivity contribution in [3.05, 3.63) is 24.1 Å². The van der Waals surface area contributed by atoms with Crippen molar-refractivity contribution in [3.63, 3.8) is 0 Å². The molecule has 1 atom stereocenters. The molecular weight excluding hydrogens is 283 g/mol. The van der Waals surface area contributed by atoms with E-state index in [2.05, 4.69) is 19.5 Å². The highest BCUT2D eigenvalue weighted by Crippen LogP contribution is 2.11. The maximum Gasteiger partial charge on any atom is 0.261 e. The first-order valence-corrected chi connectivity index (χ1v) is 7.87. The van der Waals surface area contributed by atoms with Gasteiger partial charge in [0.15, 0.2) is 5.82 Å². The Morgan fingerprint density at radius 1 is 1.45 bits per heavy atom. The zero-order valence-electron chi connectivity index (χ0n) is 11.6. The van der Waals surface area contributed by atoms with Crippen molar-refractivity contribution < 1.29 is 12.8 Å². The molecule has 0 aromatic carbocycles. The van der Waals surface area contributed by atoms with E-state index in [9.17, 15) is 12.8 Å². The van der Waals surface area contributed by atoms with Gasteiger partial charge in [0.05, 0.1) is 0 Å². The van der Waals surface area contributed by atoms with Gasteiger partial charge in [-0.1, -0.05) is 0 Å². The fourth-order valence-electron chi connectivity index (χ4n) is 2.17. The molecule has 0 aliphatic carbocycles. The average molecular weight is 302 g/mol. The normalized spacial score (nSPS) is 22.1. The highest BCUT2D eigenvalue weighted by Gasteiger charge is 2.26. The van der Waals surface area contributed by atoms with Crippen LogP contribution in [0.3, 0.4) is 0 Å². The number of piperazine rings is 1. The number of aromatic nitrogens is 1. The Bertz CT molecular complexity index is 566. The number of sulfonamides is 1. The van der Waals surface area contributed by atoms with Crippen LogP contribution in [0.5, 0.6) is 0 Å². The number of hydrogen-bond donors (Lipinski definition) is 1. The van der Waals surface area contributed by atoms with E-state index in [1.54, 1.807) is 0 Å². The molecule has 20 heavy (non-hydrogen) atoms. The van der Waals surface area contributed by atoms with E-state index in [1.165, 1.54) is 12.3 Å². The Kier molecular flexibility index (Phi) is 4.69. The summed E-state index contributed by atoms with van der Waals surface area (Å²) in [7, 11) is 0.0321. The molecule has 0 radical (unpaired) electrons. The lowest BCUT2D eigenvalue weighted by atomic mass is 10.2. The Balaban J connectivity index is 2.04. The zero-order chi connectivity index (χ0) is 14.8. The predicted octanol–water partition coefficient (Wildman–Crippen LogP) is -0.255. The van der Waals surface area contributed by atoms with Gasteiger partial charge in [0, 0.05) is 38.4 Å². The van der Waals surface area contributed by atoms with E-state index >= 15 is 0 Å². The summed E-state index contributed by atoms with van der Waals surface area (Å²) >= 11 is 0. The molecular formula is C12H19FN4O2S. The van der Waals surface area contributed by atoms with E-state index in [1.807, 2.05) is 14.1 Å². The summed E-state index contributed by atoms with van der Waals surface area (Å²) in [5.41, 5.74) is 0. The Hall–Kier alpha value is -1.09. The van der Waals surface area contributed by atoms with Crippen molar-refractivity contribution in [1.82, 2.24) is 19.5 Å². The average Bonchev–Trinajstić information content (AvgIpc) is 2.40. The Morgan fingerprint density at radius 3 is 2.90 bits per heavy atom. The van der Waals surface area contributed by atoms with Crippen LogP contribution in [-0.2, 0) is 10.0 Å². The summed E-state index contributed by atoms with van der Waals surface area (Å²) < 4.78 is 40.0. The second-order valence-corrected chi connectivity index (χ2v) is 6.72. The second kappa shape index (κ2) is 6.13. The van der Waals surface area contributed by atoms with Crippen LogP contribution in [-0.4, -0.2) is 69.5 Å². The first-order valence-electron chi connectivity index (χ1n) is 6.39. The minimum absolute atomic E-state index is 0.0651. The first kappa shape index (κ1) is 15.3. The lowest BCUT2D eigenvalue weighted by Crippen LogP contribution is -2.54. The summed E-state index contributed by atoms with van der Waals surface area (Å²) in [6.45, 7) is 2.83. The van der Waals surface area contributed by atoms with Crippen molar-refractivity contribution in [2.24, 2.45) is 0 Å². The van der Waals surface area contributed by atoms with Crippen molar-refractivity contribution in [2.45, 2.75) is 11.1 Å². The molecule has 0 bridgehead atoms. The minimum Gasteiger partial charge on any atom is -0.303 e. The minimum atomic E-state index is -3.91. The number of pyridine rings is 1. The van der Waals surface area contributed by atoms with E-state index in [0.717, 1.165) is 25.7 Å². The number of hydrogen-bond acceptors (Lipinski definition) is 5. The largest absolute Gasteiger partial charge is 0.303 e. The maximum absolute atomic E-state index is 13.5. The SMILES string of the molecule is CN1CCN(C)C(CNS(=O)(=O)c2ncccc2F)C1. The summed E-state index contributed by atoms with van der Waals surface area (Å²) in [5.74, 6) is -0.839. The number of rotatable bonds is 4. The van der Waals surface area contributed by atoms with Gasteiger partial charge in [-0.2, -0.15) is 0 Å². The Morgan fingerprint density at radius 2 is 2.20 bits per heavy atom. The van der Waals surface area contributed by atoms with Gasteiger partial charge in [-0.05, 0) is 26.2 Å². The van der Waals surface area contributed by atoms with E-state index < -0.39 is 20.9 Å². The number of likely N-dealkylation sites (N-methyl/N-ethyl adjacent to an activating group) is 2. The molecule has 1 aromatic rings. The van der Waals surface area contributed by atoms with Crippen LogP contribution in [0.4, 0.5) is 4.39 Å².